The molecule has 2 aromatic heterocycles. The van der Waals surface area contributed by atoms with Gasteiger partial charge in [-0.2, -0.15) is 14.6 Å². The van der Waals surface area contributed by atoms with Crippen molar-refractivity contribution >= 4 is 28.9 Å². The molecule has 144 valence electrons. The average Bonchev–Trinajstić information content (AvgIpc) is 3.37. The molecule has 0 unspecified atom stereocenters. The Hall–Kier alpha value is -4.14. The first kappa shape index (κ1) is 17.0. The van der Waals surface area contributed by atoms with E-state index >= 15 is 0 Å². The lowest BCUT2D eigenvalue weighted by molar-refractivity contribution is 0.102. The van der Waals surface area contributed by atoms with Crippen molar-refractivity contribution in [3.8, 4) is 11.5 Å². The normalized spacial score (nSPS) is 12.2. The second-order valence-electron chi connectivity index (χ2n) is 6.48. The van der Waals surface area contributed by atoms with E-state index in [9.17, 15) is 4.79 Å². The average molecular weight is 388 g/mol. The van der Waals surface area contributed by atoms with Crippen molar-refractivity contribution in [2.75, 3.05) is 17.4 Å². The maximum Gasteiger partial charge on any atom is 0.255 e. The van der Waals surface area contributed by atoms with Crippen molar-refractivity contribution in [3.05, 3.63) is 66.1 Å². The van der Waals surface area contributed by atoms with Gasteiger partial charge in [0.15, 0.2) is 11.5 Å². The summed E-state index contributed by atoms with van der Waals surface area (Å²) >= 11 is 0. The molecule has 0 spiro atoms. The van der Waals surface area contributed by atoms with Crippen LogP contribution in [0.25, 0.3) is 5.78 Å². The van der Waals surface area contributed by atoms with E-state index in [1.807, 2.05) is 25.1 Å². The minimum absolute atomic E-state index is 0.194. The smallest absolute Gasteiger partial charge is 0.255 e. The summed E-state index contributed by atoms with van der Waals surface area (Å²) in [6, 6.07) is 14.3. The SMILES string of the molecule is Cc1cc(Nc2ccc(C(=O)Nc3ccc4c(c3)OCO4)cc2)n2ncnc2n1. The van der Waals surface area contributed by atoms with E-state index < -0.39 is 0 Å². The molecule has 0 saturated heterocycles. The molecule has 5 rings (SSSR count). The van der Waals surface area contributed by atoms with Crippen LogP contribution in [-0.2, 0) is 0 Å². The lowest BCUT2D eigenvalue weighted by atomic mass is 10.2. The molecule has 29 heavy (non-hydrogen) atoms. The number of benzene rings is 2. The monoisotopic (exact) mass is 388 g/mol. The Balaban J connectivity index is 1.32. The molecule has 0 radical (unpaired) electrons. The first-order chi connectivity index (χ1) is 14.2. The summed E-state index contributed by atoms with van der Waals surface area (Å²) in [6.45, 7) is 2.09. The van der Waals surface area contributed by atoms with Crippen LogP contribution in [0, 0.1) is 6.92 Å². The Kier molecular flexibility index (Phi) is 3.98. The summed E-state index contributed by atoms with van der Waals surface area (Å²) in [6.07, 6.45) is 1.45. The fourth-order valence-electron chi connectivity index (χ4n) is 3.05. The number of rotatable bonds is 4. The number of hydrogen-bond donors (Lipinski definition) is 2. The summed E-state index contributed by atoms with van der Waals surface area (Å²) in [5.74, 6) is 2.34. The van der Waals surface area contributed by atoms with Crippen LogP contribution in [0.4, 0.5) is 17.2 Å². The van der Waals surface area contributed by atoms with Gasteiger partial charge >= 0.3 is 0 Å². The first-order valence-corrected chi connectivity index (χ1v) is 8.91. The van der Waals surface area contributed by atoms with Gasteiger partial charge < -0.3 is 20.1 Å². The summed E-state index contributed by atoms with van der Waals surface area (Å²) in [4.78, 5) is 21.0. The Bertz CT molecular complexity index is 1220. The number of nitrogens with zero attached hydrogens (tertiary/aromatic N) is 4. The zero-order valence-electron chi connectivity index (χ0n) is 15.4. The maximum absolute atomic E-state index is 12.5. The topological polar surface area (TPSA) is 103 Å². The van der Waals surface area contributed by atoms with Crippen molar-refractivity contribution in [2.24, 2.45) is 0 Å². The molecule has 1 aliphatic heterocycles. The largest absolute Gasteiger partial charge is 0.454 e. The van der Waals surface area contributed by atoms with Crippen LogP contribution in [0.1, 0.15) is 16.1 Å². The van der Waals surface area contributed by atoms with Crippen molar-refractivity contribution in [1.82, 2.24) is 19.6 Å². The zero-order chi connectivity index (χ0) is 19.8. The van der Waals surface area contributed by atoms with Crippen LogP contribution >= 0.6 is 0 Å². The van der Waals surface area contributed by atoms with Gasteiger partial charge in [-0.05, 0) is 43.3 Å². The molecule has 2 aromatic carbocycles. The van der Waals surface area contributed by atoms with Gasteiger partial charge in [-0.25, -0.2) is 4.98 Å². The highest BCUT2D eigenvalue weighted by atomic mass is 16.7. The van der Waals surface area contributed by atoms with Crippen molar-refractivity contribution in [2.45, 2.75) is 6.92 Å². The number of carbonyl (C=O) groups excluding carboxylic acids is 1. The fourth-order valence-corrected chi connectivity index (χ4v) is 3.05. The summed E-state index contributed by atoms with van der Waals surface area (Å²) in [5.41, 5.74) is 2.81. The van der Waals surface area contributed by atoms with Crippen molar-refractivity contribution in [1.29, 1.82) is 0 Å². The molecule has 9 nitrogen and oxygen atoms in total. The standard InChI is InChI=1S/C20H16N6O3/c1-12-8-18(26-20(23-12)21-10-22-26)24-14-4-2-13(3-5-14)19(27)25-15-6-7-16-17(9-15)29-11-28-16/h2-10,24H,11H2,1H3,(H,25,27). The quantitative estimate of drug-likeness (QED) is 0.553. The van der Waals surface area contributed by atoms with E-state index in [1.54, 1.807) is 34.8 Å². The van der Waals surface area contributed by atoms with Crippen molar-refractivity contribution < 1.29 is 14.3 Å². The molecule has 9 heteroatoms. The summed E-state index contributed by atoms with van der Waals surface area (Å²) in [7, 11) is 0. The van der Waals surface area contributed by atoms with Gasteiger partial charge in [0.05, 0.1) is 0 Å². The third kappa shape index (κ3) is 3.29. The van der Waals surface area contributed by atoms with Crippen LogP contribution in [0.3, 0.4) is 0 Å². The fraction of sp³-hybridized carbons (Fsp3) is 0.100. The minimum Gasteiger partial charge on any atom is -0.454 e. The van der Waals surface area contributed by atoms with E-state index in [1.165, 1.54) is 6.33 Å². The summed E-state index contributed by atoms with van der Waals surface area (Å²) < 4.78 is 12.2. The van der Waals surface area contributed by atoms with Crippen LogP contribution < -0.4 is 20.1 Å². The van der Waals surface area contributed by atoms with Gasteiger partial charge in [-0.1, -0.05) is 0 Å². The zero-order valence-corrected chi connectivity index (χ0v) is 15.4. The second kappa shape index (κ2) is 6.79. The molecular formula is C20H16N6O3. The van der Waals surface area contributed by atoms with E-state index in [0.717, 1.165) is 17.2 Å². The number of amides is 1. The molecule has 1 aliphatic rings. The number of anilines is 3. The Morgan fingerprint density at radius 3 is 2.69 bits per heavy atom. The third-order valence-corrected chi connectivity index (χ3v) is 4.43. The number of ether oxygens (including phenoxy) is 2. The van der Waals surface area contributed by atoms with Gasteiger partial charge in [0, 0.05) is 34.8 Å². The molecule has 0 aliphatic carbocycles. The molecule has 2 N–H and O–H groups in total. The molecule has 3 heterocycles. The second-order valence-corrected chi connectivity index (χ2v) is 6.48. The van der Waals surface area contributed by atoms with Crippen LogP contribution in [0.2, 0.25) is 0 Å². The molecule has 1 amide bonds. The van der Waals surface area contributed by atoms with E-state index in [2.05, 4.69) is 25.7 Å². The number of aryl methyl sites for hydroxylation is 1. The Labute approximate surface area is 165 Å². The first-order valence-electron chi connectivity index (χ1n) is 8.91. The number of nitrogens with one attached hydrogen (secondary N) is 2. The summed E-state index contributed by atoms with van der Waals surface area (Å²) in [5, 5.41) is 10.3. The van der Waals surface area contributed by atoms with Gasteiger partial charge in [0.2, 0.25) is 6.79 Å². The Morgan fingerprint density at radius 1 is 1.03 bits per heavy atom. The van der Waals surface area contributed by atoms with Crippen molar-refractivity contribution in [3.63, 3.8) is 0 Å². The number of fused-ring (bicyclic) bond motifs is 2. The highest BCUT2D eigenvalue weighted by molar-refractivity contribution is 6.04. The van der Waals surface area contributed by atoms with Gasteiger partial charge in [-0.15, -0.1) is 0 Å². The lowest BCUT2D eigenvalue weighted by Crippen LogP contribution is -2.11. The van der Waals surface area contributed by atoms with E-state index in [0.29, 0.717) is 28.5 Å². The van der Waals surface area contributed by atoms with Crippen LogP contribution in [-0.4, -0.2) is 32.3 Å². The molecule has 4 aromatic rings. The molecule has 0 saturated carbocycles. The molecular weight excluding hydrogens is 372 g/mol. The minimum atomic E-state index is -0.214. The lowest BCUT2D eigenvalue weighted by Gasteiger charge is -2.10. The molecule has 0 bridgehead atoms. The van der Waals surface area contributed by atoms with Gasteiger partial charge in [0.1, 0.15) is 12.1 Å². The van der Waals surface area contributed by atoms with Crippen LogP contribution in [0.15, 0.2) is 54.9 Å². The van der Waals surface area contributed by atoms with Gasteiger partial charge in [-0.3, -0.25) is 4.79 Å². The van der Waals surface area contributed by atoms with E-state index in [-0.39, 0.29) is 12.7 Å². The third-order valence-electron chi connectivity index (χ3n) is 4.43. The predicted molar refractivity (Wildman–Crippen MR) is 106 cm³/mol. The van der Waals surface area contributed by atoms with Crippen LogP contribution in [0.5, 0.6) is 11.5 Å². The maximum atomic E-state index is 12.5. The Morgan fingerprint density at radius 2 is 1.83 bits per heavy atom. The predicted octanol–water partition coefficient (Wildman–Crippen LogP) is 3.16. The van der Waals surface area contributed by atoms with E-state index in [4.69, 9.17) is 9.47 Å². The molecule has 0 fully saturated rings. The van der Waals surface area contributed by atoms with Gasteiger partial charge in [0.25, 0.3) is 11.7 Å². The highest BCUT2D eigenvalue weighted by Gasteiger charge is 2.15. The number of aromatic nitrogens is 4. The number of hydrogen-bond acceptors (Lipinski definition) is 7. The number of carbonyl (C=O) groups is 1. The highest BCUT2D eigenvalue weighted by Crippen LogP contribution is 2.34. The molecule has 0 atom stereocenters.